The molecule has 0 bridgehead atoms. The van der Waals surface area contributed by atoms with E-state index in [-0.39, 0.29) is 5.69 Å². The van der Waals surface area contributed by atoms with Crippen LogP contribution in [0.25, 0.3) is 0 Å². The van der Waals surface area contributed by atoms with E-state index >= 15 is 0 Å². The third-order valence-corrected chi connectivity index (χ3v) is 3.41. The Labute approximate surface area is 126 Å². The van der Waals surface area contributed by atoms with Crippen LogP contribution in [0.2, 0.25) is 0 Å². The number of primary amides is 1. The Balaban J connectivity index is 2.07. The highest BCUT2D eigenvalue weighted by atomic mass is 32.2. The first kappa shape index (κ1) is 15.7. The summed E-state index contributed by atoms with van der Waals surface area (Å²) >= 11 is 0.471. The first-order valence-electron chi connectivity index (χ1n) is 5.65. The summed E-state index contributed by atoms with van der Waals surface area (Å²) in [6, 6.07) is 2.93. The Morgan fingerprint density at radius 2 is 1.91 bits per heavy atom. The molecule has 116 valence electrons. The zero-order chi connectivity index (χ0) is 16.4. The van der Waals surface area contributed by atoms with E-state index in [0.29, 0.717) is 11.9 Å². The number of ether oxygens (including phenoxy) is 1. The molecule has 1 amide bonds. The Morgan fingerprint density at radius 3 is 2.41 bits per heavy atom. The first-order valence-corrected chi connectivity index (χ1v) is 6.47. The average molecular weight is 328 g/mol. The van der Waals surface area contributed by atoms with Crippen LogP contribution >= 0.6 is 11.9 Å². The summed E-state index contributed by atoms with van der Waals surface area (Å²) < 4.78 is 7.16. The Bertz CT molecular complexity index is 679. The number of carbonyl (C=O) groups excluding carboxylic acids is 2. The lowest BCUT2D eigenvalue weighted by Gasteiger charge is -2.04. The number of amides is 1. The van der Waals surface area contributed by atoms with Crippen LogP contribution in [0, 0.1) is 20.2 Å². The predicted octanol–water partition coefficient (Wildman–Crippen LogP) is 0.342. The molecule has 1 aromatic carbocycles. The van der Waals surface area contributed by atoms with Gasteiger partial charge in [0.05, 0.1) is 15.9 Å². The highest BCUT2D eigenvalue weighted by molar-refractivity contribution is 8.14. The van der Waals surface area contributed by atoms with Crippen LogP contribution < -0.4 is 10.5 Å². The summed E-state index contributed by atoms with van der Waals surface area (Å²) in [5.74, 6) is -0.778. The number of rotatable bonds is 6. The van der Waals surface area contributed by atoms with Gasteiger partial charge in [-0.05, 0) is 6.07 Å². The van der Waals surface area contributed by atoms with Gasteiger partial charge in [-0.15, -0.1) is 0 Å². The number of nitro groups is 2. The number of epoxide rings is 1. The maximum absolute atomic E-state index is 11.6. The van der Waals surface area contributed by atoms with Crippen LogP contribution in [-0.4, -0.2) is 33.1 Å². The van der Waals surface area contributed by atoms with Crippen molar-refractivity contribution in [3.05, 3.63) is 38.4 Å². The molecule has 2 unspecified atom stereocenters. The van der Waals surface area contributed by atoms with Crippen molar-refractivity contribution in [3.63, 3.8) is 0 Å². The zero-order valence-electron chi connectivity index (χ0n) is 10.6. The molecule has 1 aromatic rings. The molecule has 2 atom stereocenters. The summed E-state index contributed by atoms with van der Waals surface area (Å²) in [4.78, 5) is 42.3. The number of non-ortho nitro benzene ring substituents is 1. The number of nitro benzene ring substituents is 2. The molecule has 1 aliphatic rings. The van der Waals surface area contributed by atoms with Gasteiger partial charge in [0.2, 0.25) is 11.0 Å². The van der Waals surface area contributed by atoms with Crippen molar-refractivity contribution in [1.29, 1.82) is 0 Å². The second-order valence-electron chi connectivity index (χ2n) is 4.12. The van der Waals surface area contributed by atoms with E-state index in [4.69, 9.17) is 10.5 Å². The topological polar surface area (TPSA) is 171 Å². The third kappa shape index (κ3) is 3.29. The van der Waals surface area contributed by atoms with Crippen molar-refractivity contribution in [2.75, 3.05) is 4.72 Å². The highest BCUT2D eigenvalue weighted by Crippen LogP contribution is 2.33. The van der Waals surface area contributed by atoms with Crippen LogP contribution in [0.5, 0.6) is 0 Å². The van der Waals surface area contributed by atoms with Gasteiger partial charge in [0, 0.05) is 18.0 Å². The first-order chi connectivity index (χ1) is 10.3. The smallest absolute Gasteiger partial charge is 0.300 e. The largest absolute Gasteiger partial charge is 0.367 e. The SMILES string of the molecule is NC(=O)C1OC1C(=O)SNc1ccc([N+](=O)[O-])cc1[N+](=O)[O-]. The standard InChI is InChI=1S/C10H8N4O7S/c11-9(15)7-8(21-7)10(16)22-12-5-2-1-4(13(17)18)3-6(5)14(19)20/h1-3,7-8,12H,(H2,11,15). The van der Waals surface area contributed by atoms with E-state index in [2.05, 4.69) is 4.72 Å². The van der Waals surface area contributed by atoms with Crippen molar-refractivity contribution in [2.24, 2.45) is 5.73 Å². The van der Waals surface area contributed by atoms with E-state index in [9.17, 15) is 29.8 Å². The summed E-state index contributed by atoms with van der Waals surface area (Å²) in [5.41, 5.74) is 3.84. The van der Waals surface area contributed by atoms with Gasteiger partial charge >= 0.3 is 0 Å². The fraction of sp³-hybridized carbons (Fsp3) is 0.200. The average Bonchev–Trinajstić information content (AvgIpc) is 3.24. The number of benzene rings is 1. The van der Waals surface area contributed by atoms with Gasteiger partial charge in [-0.25, -0.2) is 0 Å². The molecule has 1 fully saturated rings. The maximum Gasteiger partial charge on any atom is 0.300 e. The minimum Gasteiger partial charge on any atom is -0.367 e. The molecule has 0 aliphatic carbocycles. The van der Waals surface area contributed by atoms with Crippen molar-refractivity contribution >= 4 is 40.0 Å². The molecule has 0 spiro atoms. The van der Waals surface area contributed by atoms with E-state index in [1.165, 1.54) is 0 Å². The fourth-order valence-electron chi connectivity index (χ4n) is 1.54. The van der Waals surface area contributed by atoms with Gasteiger partial charge in [0.1, 0.15) is 5.69 Å². The van der Waals surface area contributed by atoms with Crippen LogP contribution in [0.3, 0.4) is 0 Å². The number of anilines is 1. The third-order valence-electron chi connectivity index (χ3n) is 2.65. The van der Waals surface area contributed by atoms with Crippen LogP contribution in [-0.2, 0) is 14.3 Å². The molecule has 2 rings (SSSR count). The normalized spacial score (nSPS) is 19.3. The van der Waals surface area contributed by atoms with Gasteiger partial charge in [0.15, 0.2) is 12.2 Å². The Kier molecular flexibility index (Phi) is 4.23. The highest BCUT2D eigenvalue weighted by Gasteiger charge is 2.49. The molecule has 22 heavy (non-hydrogen) atoms. The van der Waals surface area contributed by atoms with Crippen molar-refractivity contribution in [3.8, 4) is 0 Å². The van der Waals surface area contributed by atoms with Crippen molar-refractivity contribution in [1.82, 2.24) is 0 Å². The van der Waals surface area contributed by atoms with Crippen LogP contribution in [0.15, 0.2) is 18.2 Å². The van der Waals surface area contributed by atoms with Crippen molar-refractivity contribution < 1.29 is 24.2 Å². The maximum atomic E-state index is 11.6. The predicted molar refractivity (Wildman–Crippen MR) is 73.8 cm³/mol. The lowest BCUT2D eigenvalue weighted by atomic mass is 10.2. The van der Waals surface area contributed by atoms with E-state index in [1.807, 2.05) is 0 Å². The number of nitrogens with two attached hydrogens (primary N) is 1. The molecule has 0 radical (unpaired) electrons. The lowest BCUT2D eigenvalue weighted by Crippen LogP contribution is -2.22. The van der Waals surface area contributed by atoms with Crippen LogP contribution in [0.4, 0.5) is 17.1 Å². The van der Waals surface area contributed by atoms with E-state index < -0.39 is 44.5 Å². The molecule has 11 nitrogen and oxygen atoms in total. The summed E-state index contributed by atoms with van der Waals surface area (Å²) in [7, 11) is 0. The second-order valence-corrected chi connectivity index (χ2v) is 4.93. The fourth-order valence-corrected chi connectivity index (χ4v) is 2.22. The zero-order valence-corrected chi connectivity index (χ0v) is 11.4. The van der Waals surface area contributed by atoms with Gasteiger partial charge in [-0.2, -0.15) is 0 Å². The molecule has 3 N–H and O–H groups in total. The van der Waals surface area contributed by atoms with Gasteiger partial charge < -0.3 is 15.2 Å². The van der Waals surface area contributed by atoms with Gasteiger partial charge in [0.25, 0.3) is 11.4 Å². The molecule has 1 aliphatic heterocycles. The van der Waals surface area contributed by atoms with Crippen LogP contribution in [0.1, 0.15) is 0 Å². The number of carbonyl (C=O) groups is 2. The number of nitrogens with zero attached hydrogens (tertiary/aromatic N) is 2. The molecule has 12 heteroatoms. The summed E-state index contributed by atoms with van der Waals surface area (Å²) in [6.07, 6.45) is -1.99. The minimum absolute atomic E-state index is 0.0924. The summed E-state index contributed by atoms with van der Waals surface area (Å²) in [5, 5.41) is 20.9. The molecule has 0 aromatic heterocycles. The second kappa shape index (κ2) is 5.95. The van der Waals surface area contributed by atoms with Crippen molar-refractivity contribution in [2.45, 2.75) is 12.2 Å². The monoisotopic (exact) mass is 328 g/mol. The number of nitrogens with one attached hydrogen (secondary N) is 1. The quantitative estimate of drug-likeness (QED) is 0.323. The molecular weight excluding hydrogens is 320 g/mol. The molecule has 1 saturated heterocycles. The molecular formula is C10H8N4O7S. The van der Waals surface area contributed by atoms with E-state index in [1.54, 1.807) is 0 Å². The lowest BCUT2D eigenvalue weighted by molar-refractivity contribution is -0.393. The van der Waals surface area contributed by atoms with Gasteiger partial charge in [-0.3, -0.25) is 29.8 Å². The Hall–Kier alpha value is -2.73. The summed E-state index contributed by atoms with van der Waals surface area (Å²) in [6.45, 7) is 0. The van der Waals surface area contributed by atoms with E-state index in [0.717, 1.165) is 18.2 Å². The number of hydrogen-bond acceptors (Lipinski definition) is 9. The molecule has 1 heterocycles. The molecule has 0 saturated carbocycles. The minimum atomic E-state index is -0.993. The number of hydrogen-bond donors (Lipinski definition) is 2. The van der Waals surface area contributed by atoms with Gasteiger partial charge in [-0.1, -0.05) is 0 Å². The Morgan fingerprint density at radius 1 is 1.23 bits per heavy atom.